The van der Waals surface area contributed by atoms with Crippen LogP contribution in [0.3, 0.4) is 0 Å². The van der Waals surface area contributed by atoms with E-state index in [1.807, 2.05) is 54.6 Å². The number of anilines is 2. The number of amides is 1. The minimum atomic E-state index is 0.124. The third-order valence-corrected chi connectivity index (χ3v) is 3.45. The van der Waals surface area contributed by atoms with Gasteiger partial charge in [0.15, 0.2) is 0 Å². The number of para-hydroxylation sites is 2. The number of nitrogen functional groups attached to an aromatic ring is 1. The van der Waals surface area contributed by atoms with E-state index in [0.29, 0.717) is 18.7 Å². The molecule has 2 aromatic rings. The quantitative estimate of drug-likeness (QED) is 0.822. The predicted octanol–water partition coefficient (Wildman–Crippen LogP) is 3.64. The van der Waals surface area contributed by atoms with Gasteiger partial charge in [0.25, 0.3) is 0 Å². The van der Waals surface area contributed by atoms with E-state index < -0.39 is 0 Å². The molecular formula is C18H22N2O. The number of nitrogens with two attached hydrogens (primary N) is 1. The molecule has 0 heterocycles. The first-order valence-corrected chi connectivity index (χ1v) is 7.41. The van der Waals surface area contributed by atoms with E-state index in [2.05, 4.69) is 6.92 Å². The van der Waals surface area contributed by atoms with Crippen LogP contribution in [0.4, 0.5) is 11.4 Å². The maximum absolute atomic E-state index is 12.5. The van der Waals surface area contributed by atoms with Gasteiger partial charge in [-0.15, -0.1) is 0 Å². The van der Waals surface area contributed by atoms with Crippen molar-refractivity contribution in [3.05, 3.63) is 60.2 Å². The van der Waals surface area contributed by atoms with E-state index in [1.165, 1.54) is 5.56 Å². The largest absolute Gasteiger partial charge is 0.397 e. The molecule has 0 radical (unpaired) electrons. The van der Waals surface area contributed by atoms with Gasteiger partial charge in [0.2, 0.25) is 5.91 Å². The Bertz CT molecular complexity index is 581. The lowest BCUT2D eigenvalue weighted by Crippen LogP contribution is -2.32. The highest BCUT2D eigenvalue weighted by Gasteiger charge is 2.16. The molecule has 3 heteroatoms. The molecule has 110 valence electrons. The fourth-order valence-corrected chi connectivity index (χ4v) is 2.37. The minimum Gasteiger partial charge on any atom is -0.397 e. The summed E-state index contributed by atoms with van der Waals surface area (Å²) in [4.78, 5) is 14.3. The van der Waals surface area contributed by atoms with Crippen LogP contribution in [-0.4, -0.2) is 12.5 Å². The number of aryl methyl sites for hydroxylation is 1. The van der Waals surface area contributed by atoms with Gasteiger partial charge in [-0.2, -0.15) is 0 Å². The molecule has 0 aliphatic carbocycles. The minimum absolute atomic E-state index is 0.124. The molecule has 0 saturated carbocycles. The summed E-state index contributed by atoms with van der Waals surface area (Å²) in [5.74, 6) is 0.124. The van der Waals surface area contributed by atoms with Crippen molar-refractivity contribution < 1.29 is 4.79 Å². The average molecular weight is 282 g/mol. The summed E-state index contributed by atoms with van der Waals surface area (Å²) in [7, 11) is 0. The summed E-state index contributed by atoms with van der Waals surface area (Å²) >= 11 is 0. The van der Waals surface area contributed by atoms with Crippen molar-refractivity contribution in [3.63, 3.8) is 0 Å². The first-order chi connectivity index (χ1) is 10.2. The summed E-state index contributed by atoms with van der Waals surface area (Å²) in [5, 5.41) is 0. The third-order valence-electron chi connectivity index (χ3n) is 3.45. The highest BCUT2D eigenvalue weighted by Crippen LogP contribution is 2.23. The van der Waals surface area contributed by atoms with Gasteiger partial charge in [0.1, 0.15) is 0 Å². The molecule has 3 nitrogen and oxygen atoms in total. The molecule has 21 heavy (non-hydrogen) atoms. The molecule has 0 atom stereocenters. The Morgan fingerprint density at radius 1 is 1.05 bits per heavy atom. The van der Waals surface area contributed by atoms with E-state index in [4.69, 9.17) is 5.73 Å². The fraction of sp³-hybridized carbons (Fsp3) is 0.278. The Labute approximate surface area is 126 Å². The highest BCUT2D eigenvalue weighted by molar-refractivity contribution is 5.96. The van der Waals surface area contributed by atoms with Gasteiger partial charge in [-0.3, -0.25) is 4.79 Å². The summed E-state index contributed by atoms with van der Waals surface area (Å²) in [6.45, 7) is 2.76. The first-order valence-electron chi connectivity index (χ1n) is 7.41. The lowest BCUT2D eigenvalue weighted by molar-refractivity contribution is -0.118. The number of hydrogen-bond donors (Lipinski definition) is 1. The molecule has 0 unspecified atom stereocenters. The van der Waals surface area contributed by atoms with Crippen LogP contribution in [0.25, 0.3) is 0 Å². The smallest absolute Gasteiger partial charge is 0.227 e. The summed E-state index contributed by atoms with van der Waals surface area (Å²) in [6.07, 6.45) is 2.16. The second kappa shape index (κ2) is 7.48. The zero-order chi connectivity index (χ0) is 15.1. The van der Waals surface area contributed by atoms with Gasteiger partial charge in [-0.05, 0) is 30.5 Å². The molecule has 2 rings (SSSR count). The molecule has 1 amide bonds. The number of benzene rings is 2. The van der Waals surface area contributed by atoms with Crippen LogP contribution < -0.4 is 10.6 Å². The Balaban J connectivity index is 2.08. The Hall–Kier alpha value is -2.29. The summed E-state index contributed by atoms with van der Waals surface area (Å²) in [5.41, 5.74) is 8.66. The van der Waals surface area contributed by atoms with Crippen molar-refractivity contribution in [2.24, 2.45) is 0 Å². The molecule has 0 aliphatic heterocycles. The van der Waals surface area contributed by atoms with E-state index in [9.17, 15) is 4.79 Å². The molecule has 0 aliphatic rings. The number of carbonyl (C=O) groups excluding carboxylic acids is 1. The van der Waals surface area contributed by atoms with E-state index in [1.54, 1.807) is 4.90 Å². The first kappa shape index (κ1) is 15.1. The van der Waals surface area contributed by atoms with Gasteiger partial charge >= 0.3 is 0 Å². The Morgan fingerprint density at radius 3 is 2.38 bits per heavy atom. The van der Waals surface area contributed by atoms with E-state index in [0.717, 1.165) is 18.5 Å². The lowest BCUT2D eigenvalue weighted by Gasteiger charge is -2.23. The summed E-state index contributed by atoms with van der Waals surface area (Å²) in [6, 6.07) is 17.6. The zero-order valence-electron chi connectivity index (χ0n) is 12.5. The maximum atomic E-state index is 12.5. The monoisotopic (exact) mass is 282 g/mol. The van der Waals surface area contributed by atoms with Crippen LogP contribution in [0.15, 0.2) is 54.6 Å². The summed E-state index contributed by atoms with van der Waals surface area (Å²) < 4.78 is 0. The van der Waals surface area contributed by atoms with E-state index in [-0.39, 0.29) is 5.91 Å². The number of nitrogens with zero attached hydrogens (tertiary/aromatic N) is 1. The van der Waals surface area contributed by atoms with Crippen LogP contribution in [0, 0.1) is 0 Å². The normalized spacial score (nSPS) is 10.3. The van der Waals surface area contributed by atoms with Gasteiger partial charge in [0.05, 0.1) is 11.4 Å². The topological polar surface area (TPSA) is 46.3 Å². The lowest BCUT2D eigenvalue weighted by atomic mass is 10.1. The van der Waals surface area contributed by atoms with Gasteiger partial charge in [-0.25, -0.2) is 0 Å². The van der Waals surface area contributed by atoms with Crippen molar-refractivity contribution in [3.8, 4) is 0 Å². The fourth-order valence-electron chi connectivity index (χ4n) is 2.37. The van der Waals surface area contributed by atoms with Crippen LogP contribution in [0.2, 0.25) is 0 Å². The Morgan fingerprint density at radius 2 is 1.71 bits per heavy atom. The molecule has 0 fully saturated rings. The average Bonchev–Trinajstić information content (AvgIpc) is 2.52. The standard InChI is InChI=1S/C18H22N2O/c1-2-14-20(17-11-7-6-10-16(17)19)18(21)13-12-15-8-4-3-5-9-15/h3-11H,2,12-14,19H2,1H3. The van der Waals surface area contributed by atoms with Crippen LogP contribution in [0.5, 0.6) is 0 Å². The molecule has 0 bridgehead atoms. The number of carbonyl (C=O) groups is 1. The van der Waals surface area contributed by atoms with Crippen LogP contribution >= 0.6 is 0 Å². The van der Waals surface area contributed by atoms with Crippen molar-refractivity contribution in [1.82, 2.24) is 0 Å². The van der Waals surface area contributed by atoms with Crippen LogP contribution in [-0.2, 0) is 11.2 Å². The van der Waals surface area contributed by atoms with Crippen molar-refractivity contribution in [2.45, 2.75) is 26.2 Å². The second-order valence-electron chi connectivity index (χ2n) is 5.09. The molecule has 2 N–H and O–H groups in total. The molecular weight excluding hydrogens is 260 g/mol. The van der Waals surface area contributed by atoms with Crippen molar-refractivity contribution in [1.29, 1.82) is 0 Å². The van der Waals surface area contributed by atoms with E-state index >= 15 is 0 Å². The maximum Gasteiger partial charge on any atom is 0.227 e. The molecule has 0 saturated heterocycles. The van der Waals surface area contributed by atoms with Gasteiger partial charge < -0.3 is 10.6 Å². The molecule has 2 aromatic carbocycles. The van der Waals surface area contributed by atoms with Crippen molar-refractivity contribution >= 4 is 17.3 Å². The molecule has 0 aromatic heterocycles. The van der Waals surface area contributed by atoms with Gasteiger partial charge in [0, 0.05) is 13.0 Å². The zero-order valence-corrected chi connectivity index (χ0v) is 12.5. The number of hydrogen-bond acceptors (Lipinski definition) is 2. The predicted molar refractivity (Wildman–Crippen MR) is 88.3 cm³/mol. The second-order valence-corrected chi connectivity index (χ2v) is 5.09. The van der Waals surface area contributed by atoms with Gasteiger partial charge in [-0.1, -0.05) is 49.4 Å². The van der Waals surface area contributed by atoms with Crippen molar-refractivity contribution in [2.75, 3.05) is 17.2 Å². The molecule has 0 spiro atoms. The SMILES string of the molecule is CCCN(C(=O)CCc1ccccc1)c1ccccc1N. The number of rotatable bonds is 6. The third kappa shape index (κ3) is 4.09. The Kier molecular flexibility index (Phi) is 5.38. The highest BCUT2D eigenvalue weighted by atomic mass is 16.2. The van der Waals surface area contributed by atoms with Crippen LogP contribution in [0.1, 0.15) is 25.3 Å².